The summed E-state index contributed by atoms with van der Waals surface area (Å²) < 4.78 is 5.30. The van der Waals surface area contributed by atoms with Crippen molar-refractivity contribution in [3.63, 3.8) is 0 Å². The van der Waals surface area contributed by atoms with E-state index in [-0.39, 0.29) is 5.91 Å². The number of carbonyl (C=O) groups excluding carboxylic acids is 1. The first-order chi connectivity index (χ1) is 9.58. The van der Waals surface area contributed by atoms with Crippen LogP contribution in [0.15, 0.2) is 24.3 Å². The van der Waals surface area contributed by atoms with Crippen molar-refractivity contribution in [3.8, 4) is 5.75 Å². The van der Waals surface area contributed by atoms with Crippen molar-refractivity contribution < 1.29 is 9.53 Å². The summed E-state index contributed by atoms with van der Waals surface area (Å²) in [6.07, 6.45) is 1.21. The van der Waals surface area contributed by atoms with Crippen LogP contribution in [0.3, 0.4) is 0 Å². The molecule has 0 aromatic heterocycles. The van der Waals surface area contributed by atoms with E-state index in [0.717, 1.165) is 30.8 Å². The summed E-state index contributed by atoms with van der Waals surface area (Å²) in [4.78, 5) is 14.4. The van der Waals surface area contributed by atoms with Crippen LogP contribution in [-0.2, 0) is 11.2 Å². The minimum absolute atomic E-state index is 0.136. The highest BCUT2D eigenvalue weighted by atomic mass is 16.5. The van der Waals surface area contributed by atoms with E-state index in [1.807, 2.05) is 29.2 Å². The van der Waals surface area contributed by atoms with E-state index < -0.39 is 0 Å². The SMILES string of the molecule is COc1ccccc1CC(=O)N(CCCN)CC(C)C. The smallest absolute Gasteiger partial charge is 0.227 e. The highest BCUT2D eigenvalue weighted by molar-refractivity contribution is 5.79. The van der Waals surface area contributed by atoms with Crippen LogP contribution in [0.1, 0.15) is 25.8 Å². The van der Waals surface area contributed by atoms with Gasteiger partial charge in [0, 0.05) is 18.7 Å². The molecule has 0 atom stereocenters. The van der Waals surface area contributed by atoms with Gasteiger partial charge in [-0.15, -0.1) is 0 Å². The van der Waals surface area contributed by atoms with Gasteiger partial charge in [0.1, 0.15) is 5.75 Å². The van der Waals surface area contributed by atoms with Crippen molar-refractivity contribution in [2.24, 2.45) is 11.7 Å². The van der Waals surface area contributed by atoms with E-state index in [2.05, 4.69) is 13.8 Å². The predicted octanol–water partition coefficient (Wildman–Crippen LogP) is 2.07. The van der Waals surface area contributed by atoms with Crippen LogP contribution in [0, 0.1) is 5.92 Å². The number of nitrogens with zero attached hydrogens (tertiary/aromatic N) is 1. The lowest BCUT2D eigenvalue weighted by molar-refractivity contribution is -0.131. The Bertz CT molecular complexity index is 419. The van der Waals surface area contributed by atoms with E-state index in [1.54, 1.807) is 7.11 Å². The number of para-hydroxylation sites is 1. The third-order valence-corrected chi connectivity index (χ3v) is 3.10. The summed E-state index contributed by atoms with van der Waals surface area (Å²) >= 11 is 0. The molecule has 4 nitrogen and oxygen atoms in total. The van der Waals surface area contributed by atoms with Crippen LogP contribution >= 0.6 is 0 Å². The highest BCUT2D eigenvalue weighted by Crippen LogP contribution is 2.18. The topological polar surface area (TPSA) is 55.6 Å². The van der Waals surface area contributed by atoms with Gasteiger partial charge in [-0.2, -0.15) is 0 Å². The van der Waals surface area contributed by atoms with Crippen LogP contribution in [0.5, 0.6) is 5.75 Å². The quantitative estimate of drug-likeness (QED) is 0.792. The lowest BCUT2D eigenvalue weighted by atomic mass is 10.1. The van der Waals surface area contributed by atoms with Crippen LogP contribution in [0.2, 0.25) is 0 Å². The van der Waals surface area contributed by atoms with E-state index in [1.165, 1.54) is 0 Å². The van der Waals surface area contributed by atoms with Crippen LogP contribution in [0.25, 0.3) is 0 Å². The summed E-state index contributed by atoms with van der Waals surface area (Å²) in [5.41, 5.74) is 6.48. The molecule has 0 aliphatic carbocycles. The molecular weight excluding hydrogens is 252 g/mol. The zero-order valence-corrected chi connectivity index (χ0v) is 12.8. The van der Waals surface area contributed by atoms with Crippen LogP contribution in [0.4, 0.5) is 0 Å². The zero-order chi connectivity index (χ0) is 15.0. The summed E-state index contributed by atoms with van der Waals surface area (Å²) in [6, 6.07) is 7.66. The summed E-state index contributed by atoms with van der Waals surface area (Å²) in [6.45, 7) is 6.34. The Hall–Kier alpha value is -1.55. The molecule has 4 heteroatoms. The van der Waals surface area contributed by atoms with Crippen molar-refractivity contribution >= 4 is 5.91 Å². The Kier molecular flexibility index (Phi) is 7.09. The lowest BCUT2D eigenvalue weighted by Crippen LogP contribution is -2.36. The van der Waals surface area contributed by atoms with Gasteiger partial charge in [-0.25, -0.2) is 0 Å². The largest absolute Gasteiger partial charge is 0.496 e. The van der Waals surface area contributed by atoms with Crippen molar-refractivity contribution in [1.82, 2.24) is 4.90 Å². The number of hydrogen-bond donors (Lipinski definition) is 1. The first kappa shape index (κ1) is 16.5. The van der Waals surface area contributed by atoms with Crippen molar-refractivity contribution in [2.75, 3.05) is 26.7 Å². The van der Waals surface area contributed by atoms with Gasteiger partial charge in [-0.05, 0) is 24.9 Å². The van der Waals surface area contributed by atoms with E-state index in [0.29, 0.717) is 18.9 Å². The molecule has 0 aliphatic rings. The number of carbonyl (C=O) groups is 1. The molecule has 0 aliphatic heterocycles. The molecule has 112 valence electrons. The lowest BCUT2D eigenvalue weighted by Gasteiger charge is -2.25. The molecular formula is C16H26N2O2. The average Bonchev–Trinajstić information content (AvgIpc) is 2.43. The van der Waals surface area contributed by atoms with E-state index >= 15 is 0 Å². The Labute approximate surface area is 121 Å². The van der Waals surface area contributed by atoms with Crippen molar-refractivity contribution in [1.29, 1.82) is 0 Å². The third kappa shape index (κ3) is 5.21. The Morgan fingerprint density at radius 3 is 2.65 bits per heavy atom. The van der Waals surface area contributed by atoms with Gasteiger partial charge in [0.2, 0.25) is 5.91 Å². The van der Waals surface area contributed by atoms with Gasteiger partial charge in [0.25, 0.3) is 0 Å². The Balaban J connectivity index is 2.73. The molecule has 20 heavy (non-hydrogen) atoms. The van der Waals surface area contributed by atoms with E-state index in [4.69, 9.17) is 10.5 Å². The molecule has 0 bridgehead atoms. The van der Waals surface area contributed by atoms with Gasteiger partial charge in [0.05, 0.1) is 13.5 Å². The molecule has 0 radical (unpaired) electrons. The van der Waals surface area contributed by atoms with Gasteiger partial charge in [-0.1, -0.05) is 32.0 Å². The fourth-order valence-corrected chi connectivity index (χ4v) is 2.16. The second-order valence-electron chi connectivity index (χ2n) is 5.36. The van der Waals surface area contributed by atoms with Crippen LogP contribution in [-0.4, -0.2) is 37.6 Å². The molecule has 0 spiro atoms. The van der Waals surface area contributed by atoms with Crippen LogP contribution < -0.4 is 10.5 Å². The number of rotatable bonds is 8. The molecule has 1 aromatic carbocycles. The summed E-state index contributed by atoms with van der Waals surface area (Å²) in [5, 5.41) is 0. The predicted molar refractivity (Wildman–Crippen MR) is 81.8 cm³/mol. The fourth-order valence-electron chi connectivity index (χ4n) is 2.16. The van der Waals surface area contributed by atoms with Crippen molar-refractivity contribution in [2.45, 2.75) is 26.7 Å². The first-order valence-corrected chi connectivity index (χ1v) is 7.18. The maximum absolute atomic E-state index is 12.5. The molecule has 2 N–H and O–H groups in total. The third-order valence-electron chi connectivity index (χ3n) is 3.10. The monoisotopic (exact) mass is 278 g/mol. The van der Waals surface area contributed by atoms with Gasteiger partial charge in [-0.3, -0.25) is 4.79 Å². The molecule has 1 rings (SSSR count). The van der Waals surface area contributed by atoms with Gasteiger partial charge in [0.15, 0.2) is 0 Å². The maximum Gasteiger partial charge on any atom is 0.227 e. The number of amides is 1. The van der Waals surface area contributed by atoms with Gasteiger partial charge < -0.3 is 15.4 Å². The number of methoxy groups -OCH3 is 1. The van der Waals surface area contributed by atoms with Gasteiger partial charge >= 0.3 is 0 Å². The normalized spacial score (nSPS) is 10.7. The molecule has 0 saturated carbocycles. The molecule has 1 amide bonds. The van der Waals surface area contributed by atoms with E-state index in [9.17, 15) is 4.79 Å². The second kappa shape index (κ2) is 8.59. The second-order valence-corrected chi connectivity index (χ2v) is 5.36. The zero-order valence-electron chi connectivity index (χ0n) is 12.8. The minimum atomic E-state index is 0.136. The summed E-state index contributed by atoms with van der Waals surface area (Å²) in [7, 11) is 1.63. The molecule has 0 heterocycles. The maximum atomic E-state index is 12.5. The Morgan fingerprint density at radius 1 is 1.35 bits per heavy atom. The van der Waals surface area contributed by atoms with Crippen molar-refractivity contribution in [3.05, 3.63) is 29.8 Å². The fraction of sp³-hybridized carbons (Fsp3) is 0.562. The first-order valence-electron chi connectivity index (χ1n) is 7.18. The number of nitrogens with two attached hydrogens (primary N) is 1. The summed E-state index contributed by atoms with van der Waals surface area (Å²) in [5.74, 6) is 1.36. The standard InChI is InChI=1S/C16H26N2O2/c1-13(2)12-18(10-6-9-17)16(19)11-14-7-4-5-8-15(14)20-3/h4-5,7-8,13H,6,9-12,17H2,1-3H3. The number of ether oxygens (including phenoxy) is 1. The molecule has 1 aromatic rings. The molecule has 0 fully saturated rings. The Morgan fingerprint density at radius 2 is 2.05 bits per heavy atom. The highest BCUT2D eigenvalue weighted by Gasteiger charge is 2.16. The average molecular weight is 278 g/mol. The molecule has 0 unspecified atom stereocenters. The number of hydrogen-bond acceptors (Lipinski definition) is 3. The molecule has 0 saturated heterocycles. The minimum Gasteiger partial charge on any atom is -0.496 e. The number of benzene rings is 1.